The van der Waals surface area contributed by atoms with E-state index in [2.05, 4.69) is 38.1 Å². The smallest absolute Gasteiger partial charge is 0.186 e. The zero-order valence-corrected chi connectivity index (χ0v) is 23.4. The first-order valence-corrected chi connectivity index (χ1v) is 18.4. The van der Waals surface area contributed by atoms with Gasteiger partial charge < -0.3 is 23.2 Å². The van der Waals surface area contributed by atoms with Gasteiger partial charge in [0.25, 0.3) is 0 Å². The van der Waals surface area contributed by atoms with Gasteiger partial charge in [-0.05, 0) is 58.2 Å². The Bertz CT molecular complexity index is 350. The van der Waals surface area contributed by atoms with E-state index in [0.29, 0.717) is 0 Å². The van der Waals surface area contributed by atoms with Crippen LogP contribution in [0.5, 0.6) is 0 Å². The number of nitrogens with zero attached hydrogens (tertiary/aromatic N) is 1. The summed E-state index contributed by atoms with van der Waals surface area (Å²) in [6, 6.07) is 2.54. The quantitative estimate of drug-likeness (QED) is 0.150. The van der Waals surface area contributed by atoms with Gasteiger partial charge in [0, 0.05) is 40.5 Å². The molecule has 0 aromatic rings. The Morgan fingerprint density at radius 2 is 0.900 bits per heavy atom. The van der Waals surface area contributed by atoms with Crippen molar-refractivity contribution in [1.29, 1.82) is 0 Å². The van der Waals surface area contributed by atoms with Crippen LogP contribution in [0.2, 0.25) is 38.3 Å². The Labute approximate surface area is 190 Å². The van der Waals surface area contributed by atoms with E-state index in [9.17, 15) is 0 Å². The molecule has 0 aliphatic rings. The summed E-state index contributed by atoms with van der Waals surface area (Å²) in [6.07, 6.45) is 10.1. The second-order valence-corrected chi connectivity index (χ2v) is 18.6. The normalized spacial score (nSPS) is 12.8. The number of ether oxygens (including phenoxy) is 2. The van der Waals surface area contributed by atoms with Crippen molar-refractivity contribution < 1.29 is 18.3 Å². The monoisotopic (exact) mass is 463 g/mol. The second-order valence-electron chi connectivity index (χ2n) is 9.78. The first kappa shape index (κ1) is 30.2. The van der Waals surface area contributed by atoms with Crippen LogP contribution in [0.1, 0.15) is 51.4 Å². The standard InChI is InChI=1S/C23H53NO4Si2/c1-24(16-20-27-18-12-8-10-14-22-29(4,5)25-2)17-21-28-19-13-9-11-15-23-30(6,7)26-3/h8-23H2,1-7H3. The van der Waals surface area contributed by atoms with Gasteiger partial charge in [0.1, 0.15) is 0 Å². The Morgan fingerprint density at radius 3 is 1.27 bits per heavy atom. The van der Waals surface area contributed by atoms with E-state index in [1.807, 2.05) is 14.2 Å². The van der Waals surface area contributed by atoms with Crippen molar-refractivity contribution >= 4 is 16.6 Å². The molecule has 0 aromatic heterocycles. The molecule has 0 unspecified atom stereocenters. The average molecular weight is 464 g/mol. The molecule has 5 nitrogen and oxygen atoms in total. The molecule has 0 saturated heterocycles. The lowest BCUT2D eigenvalue weighted by molar-refractivity contribution is 0.0815. The highest BCUT2D eigenvalue weighted by atomic mass is 28.4. The molecule has 0 saturated carbocycles. The van der Waals surface area contributed by atoms with Gasteiger partial charge in [0.15, 0.2) is 16.6 Å². The summed E-state index contributed by atoms with van der Waals surface area (Å²) in [5.74, 6) is 0. The first-order chi connectivity index (χ1) is 14.2. The lowest BCUT2D eigenvalue weighted by atomic mass is 10.2. The fourth-order valence-corrected chi connectivity index (χ4v) is 5.79. The van der Waals surface area contributed by atoms with E-state index in [0.717, 1.165) is 39.5 Å². The largest absolute Gasteiger partial charge is 0.420 e. The SMILES string of the molecule is CO[Si](C)(C)CCCCCCOCCN(C)CCOCCCCCC[Si](C)(C)OC. The highest BCUT2D eigenvalue weighted by Crippen LogP contribution is 2.16. The molecule has 0 N–H and O–H groups in total. The molecule has 0 aromatic carbocycles. The molecule has 0 heterocycles. The lowest BCUT2D eigenvalue weighted by Gasteiger charge is -2.19. The maximum atomic E-state index is 5.78. The van der Waals surface area contributed by atoms with Crippen LogP contribution < -0.4 is 0 Å². The third-order valence-electron chi connectivity index (χ3n) is 5.97. The molecule has 0 atom stereocenters. The van der Waals surface area contributed by atoms with Crippen molar-refractivity contribution in [3.8, 4) is 0 Å². The highest BCUT2D eigenvalue weighted by Gasteiger charge is 2.19. The zero-order chi connectivity index (χ0) is 22.7. The molecule has 0 spiro atoms. The highest BCUT2D eigenvalue weighted by molar-refractivity contribution is 6.71. The van der Waals surface area contributed by atoms with E-state index in [-0.39, 0.29) is 0 Å². The van der Waals surface area contributed by atoms with E-state index in [4.69, 9.17) is 18.3 Å². The van der Waals surface area contributed by atoms with Gasteiger partial charge in [-0.2, -0.15) is 0 Å². The van der Waals surface area contributed by atoms with Crippen LogP contribution in [0, 0.1) is 0 Å². The maximum Gasteiger partial charge on any atom is 0.186 e. The minimum atomic E-state index is -1.35. The van der Waals surface area contributed by atoms with Gasteiger partial charge in [0.2, 0.25) is 0 Å². The Balaban J connectivity index is 3.30. The minimum Gasteiger partial charge on any atom is -0.420 e. The molecule has 7 heteroatoms. The molecule has 0 radical (unpaired) electrons. The van der Waals surface area contributed by atoms with Crippen molar-refractivity contribution in [1.82, 2.24) is 4.90 Å². The van der Waals surface area contributed by atoms with Crippen molar-refractivity contribution in [3.63, 3.8) is 0 Å². The van der Waals surface area contributed by atoms with Gasteiger partial charge in [-0.1, -0.05) is 38.5 Å². The van der Waals surface area contributed by atoms with Crippen LogP contribution in [-0.2, 0) is 18.3 Å². The molecule has 0 aliphatic heterocycles. The van der Waals surface area contributed by atoms with Crippen molar-refractivity contribution in [2.75, 3.05) is 60.8 Å². The average Bonchev–Trinajstić information content (AvgIpc) is 2.71. The van der Waals surface area contributed by atoms with E-state index in [1.165, 1.54) is 63.5 Å². The third-order valence-corrected chi connectivity index (χ3v) is 11.3. The molecular formula is C23H53NO4Si2. The fourth-order valence-electron chi connectivity index (χ4n) is 3.18. The molecule has 0 amide bonds. The van der Waals surface area contributed by atoms with Crippen LogP contribution in [0.4, 0.5) is 0 Å². The van der Waals surface area contributed by atoms with Crippen molar-refractivity contribution in [2.45, 2.75) is 89.6 Å². The molecule has 30 heavy (non-hydrogen) atoms. The molecule has 0 bridgehead atoms. The van der Waals surface area contributed by atoms with Gasteiger partial charge in [-0.15, -0.1) is 0 Å². The van der Waals surface area contributed by atoms with Crippen LogP contribution in [0.25, 0.3) is 0 Å². The van der Waals surface area contributed by atoms with Gasteiger partial charge in [0.05, 0.1) is 13.2 Å². The summed E-state index contributed by atoms with van der Waals surface area (Å²) >= 11 is 0. The number of hydrogen-bond acceptors (Lipinski definition) is 5. The summed E-state index contributed by atoms with van der Waals surface area (Å²) < 4.78 is 22.8. The van der Waals surface area contributed by atoms with Crippen LogP contribution in [-0.4, -0.2) is 82.3 Å². The fraction of sp³-hybridized carbons (Fsp3) is 1.00. The topological polar surface area (TPSA) is 40.2 Å². The predicted octanol–water partition coefficient (Wildman–Crippen LogP) is 5.78. The summed E-state index contributed by atoms with van der Waals surface area (Å²) in [7, 11) is 3.16. The second kappa shape index (κ2) is 18.8. The zero-order valence-electron chi connectivity index (χ0n) is 21.4. The third kappa shape index (κ3) is 20.2. The van der Waals surface area contributed by atoms with Crippen molar-refractivity contribution in [2.24, 2.45) is 0 Å². The number of likely N-dealkylation sites (N-methyl/N-ethyl adjacent to an activating group) is 1. The first-order valence-electron chi connectivity index (χ1n) is 12.2. The molecule has 182 valence electrons. The molecule has 0 fully saturated rings. The maximum absolute atomic E-state index is 5.78. The van der Waals surface area contributed by atoms with E-state index < -0.39 is 16.6 Å². The minimum absolute atomic E-state index is 0.821. The summed E-state index contributed by atoms with van der Waals surface area (Å²) in [5.41, 5.74) is 0. The number of hydrogen-bond donors (Lipinski definition) is 0. The summed E-state index contributed by atoms with van der Waals surface area (Å²) in [4.78, 5) is 2.30. The Kier molecular flexibility index (Phi) is 18.9. The van der Waals surface area contributed by atoms with Gasteiger partial charge in [-0.3, -0.25) is 0 Å². The van der Waals surface area contributed by atoms with Crippen LogP contribution in [0.3, 0.4) is 0 Å². The van der Waals surface area contributed by atoms with Crippen molar-refractivity contribution in [3.05, 3.63) is 0 Å². The predicted molar refractivity (Wildman–Crippen MR) is 135 cm³/mol. The van der Waals surface area contributed by atoms with E-state index >= 15 is 0 Å². The summed E-state index contributed by atoms with van der Waals surface area (Å²) in [6.45, 7) is 14.6. The molecule has 0 rings (SSSR count). The lowest BCUT2D eigenvalue weighted by Crippen LogP contribution is -2.28. The Morgan fingerprint density at radius 1 is 0.533 bits per heavy atom. The Hall–Kier alpha value is 0.234. The van der Waals surface area contributed by atoms with Crippen LogP contribution in [0.15, 0.2) is 0 Å². The molecular weight excluding hydrogens is 410 g/mol. The summed E-state index contributed by atoms with van der Waals surface area (Å²) in [5, 5.41) is 0. The van der Waals surface area contributed by atoms with E-state index in [1.54, 1.807) is 0 Å². The number of rotatable bonds is 22. The van der Waals surface area contributed by atoms with Crippen LogP contribution >= 0.6 is 0 Å². The van der Waals surface area contributed by atoms with Gasteiger partial charge in [-0.25, -0.2) is 0 Å². The van der Waals surface area contributed by atoms with Gasteiger partial charge >= 0.3 is 0 Å². The number of unbranched alkanes of at least 4 members (excludes halogenated alkanes) is 6. The molecule has 0 aliphatic carbocycles.